The Morgan fingerprint density at radius 3 is 3.00 bits per heavy atom. The Labute approximate surface area is 99.9 Å². The van der Waals surface area contributed by atoms with Crippen LogP contribution in [0.1, 0.15) is 25.7 Å². The number of carbonyl (C=O) groups is 1. The molecule has 0 aromatic rings. The van der Waals surface area contributed by atoms with E-state index in [0.717, 1.165) is 37.4 Å². The lowest BCUT2D eigenvalue weighted by Gasteiger charge is -2.20. The summed E-state index contributed by atoms with van der Waals surface area (Å²) in [5.41, 5.74) is 0. The smallest absolute Gasteiger partial charge is 0.146 e. The number of ketones is 1. The first kappa shape index (κ1) is 11.8. The Hall–Kier alpha value is 0.330. The van der Waals surface area contributed by atoms with Gasteiger partial charge in [-0.25, -0.2) is 0 Å². The molecule has 2 saturated heterocycles. The largest absolute Gasteiger partial charge is 0.378 e. The van der Waals surface area contributed by atoms with Gasteiger partial charge in [0.05, 0.1) is 11.4 Å². The van der Waals surface area contributed by atoms with E-state index in [-0.39, 0.29) is 5.25 Å². The highest BCUT2D eigenvalue weighted by atomic mass is 32.2. The number of Topliss-reactive ketones (excluding diaryl/α,β-unsaturated/α-hetero) is 1. The van der Waals surface area contributed by atoms with Crippen LogP contribution in [0.25, 0.3) is 0 Å². The first-order chi connectivity index (χ1) is 7.36. The van der Waals surface area contributed by atoms with E-state index in [1.54, 1.807) is 0 Å². The van der Waals surface area contributed by atoms with E-state index in [2.05, 4.69) is 0 Å². The van der Waals surface area contributed by atoms with Gasteiger partial charge in [-0.2, -0.15) is 11.8 Å². The van der Waals surface area contributed by atoms with Crippen LogP contribution < -0.4 is 0 Å². The molecule has 4 heteroatoms. The topological polar surface area (TPSA) is 26.3 Å². The molecule has 86 valence electrons. The van der Waals surface area contributed by atoms with E-state index >= 15 is 0 Å². The predicted molar refractivity (Wildman–Crippen MR) is 66.8 cm³/mol. The van der Waals surface area contributed by atoms with Gasteiger partial charge < -0.3 is 4.74 Å². The molecule has 2 atom stereocenters. The van der Waals surface area contributed by atoms with Crippen LogP contribution in [0.3, 0.4) is 0 Å². The number of ether oxygens (including phenoxy) is 1. The molecule has 0 aromatic heterocycles. The minimum Gasteiger partial charge on any atom is -0.378 e. The Kier molecular flexibility index (Phi) is 4.85. The Balaban J connectivity index is 1.66. The molecule has 0 bridgehead atoms. The fraction of sp³-hybridized carbons (Fsp3) is 0.909. The van der Waals surface area contributed by atoms with Crippen LogP contribution in [-0.4, -0.2) is 41.0 Å². The van der Waals surface area contributed by atoms with Crippen molar-refractivity contribution in [2.24, 2.45) is 0 Å². The van der Waals surface area contributed by atoms with Gasteiger partial charge in [-0.1, -0.05) is 0 Å². The molecular weight excluding hydrogens is 228 g/mol. The maximum Gasteiger partial charge on any atom is 0.146 e. The molecule has 15 heavy (non-hydrogen) atoms. The summed E-state index contributed by atoms with van der Waals surface area (Å²) >= 11 is 3.76. The second-order valence-corrected chi connectivity index (χ2v) is 6.53. The van der Waals surface area contributed by atoms with Gasteiger partial charge >= 0.3 is 0 Å². The van der Waals surface area contributed by atoms with Gasteiger partial charge in [0, 0.05) is 30.3 Å². The minimum absolute atomic E-state index is 0.269. The van der Waals surface area contributed by atoms with Crippen LogP contribution >= 0.6 is 23.5 Å². The Morgan fingerprint density at radius 2 is 2.33 bits per heavy atom. The molecule has 2 nitrogen and oxygen atoms in total. The SMILES string of the molecule is O=C(CCC1CCCO1)C1CSCCS1. The minimum atomic E-state index is 0.269. The second-order valence-electron chi connectivity index (χ2n) is 4.07. The summed E-state index contributed by atoms with van der Waals surface area (Å²) in [6.07, 6.45) is 4.37. The van der Waals surface area contributed by atoms with E-state index in [0.29, 0.717) is 11.9 Å². The quantitative estimate of drug-likeness (QED) is 0.761. The third-order valence-electron chi connectivity index (χ3n) is 2.91. The number of carbonyl (C=O) groups excluding carboxylic acids is 1. The van der Waals surface area contributed by atoms with Gasteiger partial charge in [0.2, 0.25) is 0 Å². The summed E-state index contributed by atoms with van der Waals surface area (Å²) in [5.74, 6) is 3.82. The van der Waals surface area contributed by atoms with Crippen LogP contribution in [-0.2, 0) is 9.53 Å². The summed E-state index contributed by atoms with van der Waals surface area (Å²) in [6.45, 7) is 0.896. The first-order valence-corrected chi connectivity index (χ1v) is 7.90. The van der Waals surface area contributed by atoms with Crippen molar-refractivity contribution in [3.8, 4) is 0 Å². The molecule has 0 N–H and O–H groups in total. The van der Waals surface area contributed by atoms with Gasteiger partial charge in [-0.3, -0.25) is 4.79 Å². The molecule has 0 spiro atoms. The zero-order valence-corrected chi connectivity index (χ0v) is 10.6. The number of thioether (sulfide) groups is 2. The Morgan fingerprint density at radius 1 is 1.40 bits per heavy atom. The number of hydrogen-bond donors (Lipinski definition) is 0. The molecule has 0 saturated carbocycles. The number of hydrogen-bond acceptors (Lipinski definition) is 4. The lowest BCUT2D eigenvalue weighted by Crippen LogP contribution is -2.25. The maximum atomic E-state index is 11.9. The lowest BCUT2D eigenvalue weighted by molar-refractivity contribution is -0.118. The van der Waals surface area contributed by atoms with Crippen LogP contribution in [0, 0.1) is 0 Å². The molecule has 2 rings (SSSR count). The fourth-order valence-corrected chi connectivity index (χ4v) is 4.69. The second kappa shape index (κ2) is 6.16. The highest BCUT2D eigenvalue weighted by Crippen LogP contribution is 2.26. The van der Waals surface area contributed by atoms with Crippen molar-refractivity contribution in [3.05, 3.63) is 0 Å². The highest BCUT2D eigenvalue weighted by Gasteiger charge is 2.23. The highest BCUT2D eigenvalue weighted by molar-refractivity contribution is 8.07. The van der Waals surface area contributed by atoms with Gasteiger partial charge in [0.25, 0.3) is 0 Å². The summed E-state index contributed by atoms with van der Waals surface area (Å²) in [6, 6.07) is 0. The molecule has 2 unspecified atom stereocenters. The first-order valence-electron chi connectivity index (χ1n) is 5.70. The molecule has 2 aliphatic heterocycles. The van der Waals surface area contributed by atoms with Crippen molar-refractivity contribution in [1.29, 1.82) is 0 Å². The average Bonchev–Trinajstić information content (AvgIpc) is 2.80. The fourth-order valence-electron chi connectivity index (χ4n) is 2.01. The standard InChI is InChI=1S/C11H18O2S2/c12-10(11-8-14-6-7-15-11)4-3-9-2-1-5-13-9/h9,11H,1-8H2. The molecule has 2 aliphatic rings. The van der Waals surface area contributed by atoms with Gasteiger partial charge in [0.15, 0.2) is 0 Å². The van der Waals surface area contributed by atoms with Crippen LogP contribution in [0.2, 0.25) is 0 Å². The molecule has 2 fully saturated rings. The van der Waals surface area contributed by atoms with Crippen LogP contribution in [0.5, 0.6) is 0 Å². The van der Waals surface area contributed by atoms with Crippen molar-refractivity contribution in [2.75, 3.05) is 23.9 Å². The average molecular weight is 246 g/mol. The summed E-state index contributed by atoms with van der Waals surface area (Å²) in [5, 5.41) is 0.269. The molecule has 0 aromatic carbocycles. The normalized spacial score (nSPS) is 31.7. The van der Waals surface area contributed by atoms with Gasteiger partial charge in [-0.15, -0.1) is 11.8 Å². The molecule has 0 aliphatic carbocycles. The van der Waals surface area contributed by atoms with Crippen molar-refractivity contribution < 1.29 is 9.53 Å². The van der Waals surface area contributed by atoms with E-state index in [1.807, 2.05) is 23.5 Å². The zero-order chi connectivity index (χ0) is 10.5. The molecule has 0 amide bonds. The third-order valence-corrected chi connectivity index (χ3v) is 5.71. The van der Waals surface area contributed by atoms with Crippen molar-refractivity contribution in [2.45, 2.75) is 37.0 Å². The van der Waals surface area contributed by atoms with Crippen LogP contribution in [0.15, 0.2) is 0 Å². The van der Waals surface area contributed by atoms with Crippen LogP contribution in [0.4, 0.5) is 0 Å². The summed E-state index contributed by atoms with van der Waals surface area (Å²) in [7, 11) is 0. The van der Waals surface area contributed by atoms with E-state index in [4.69, 9.17) is 4.74 Å². The van der Waals surface area contributed by atoms with Crippen molar-refractivity contribution in [3.63, 3.8) is 0 Å². The lowest BCUT2D eigenvalue weighted by atomic mass is 10.1. The predicted octanol–water partition coefficient (Wildman–Crippen LogP) is 2.36. The number of rotatable bonds is 4. The zero-order valence-electron chi connectivity index (χ0n) is 8.94. The summed E-state index contributed by atoms with van der Waals surface area (Å²) < 4.78 is 5.53. The van der Waals surface area contributed by atoms with E-state index in [1.165, 1.54) is 12.2 Å². The van der Waals surface area contributed by atoms with Crippen molar-refractivity contribution >= 4 is 29.3 Å². The van der Waals surface area contributed by atoms with E-state index < -0.39 is 0 Å². The third kappa shape index (κ3) is 3.68. The monoisotopic (exact) mass is 246 g/mol. The van der Waals surface area contributed by atoms with Crippen molar-refractivity contribution in [1.82, 2.24) is 0 Å². The maximum absolute atomic E-state index is 11.9. The molecule has 0 radical (unpaired) electrons. The molecular formula is C11H18O2S2. The summed E-state index contributed by atoms with van der Waals surface area (Å²) in [4.78, 5) is 11.9. The van der Waals surface area contributed by atoms with E-state index in [9.17, 15) is 4.79 Å². The van der Waals surface area contributed by atoms with Gasteiger partial charge in [-0.05, 0) is 19.3 Å². The molecule has 2 heterocycles. The van der Waals surface area contributed by atoms with Gasteiger partial charge in [0.1, 0.15) is 5.78 Å². The Bertz CT molecular complexity index is 209.